The summed E-state index contributed by atoms with van der Waals surface area (Å²) in [5.41, 5.74) is 7.77. The van der Waals surface area contributed by atoms with Crippen LogP contribution in [0.4, 0.5) is 18.0 Å². The molecule has 0 atom stereocenters. The Morgan fingerprint density at radius 2 is 1.08 bits per heavy atom. The van der Waals surface area contributed by atoms with Crippen LogP contribution in [-0.2, 0) is 22.6 Å². The molecular weight excluding hydrogens is 822 g/mol. The van der Waals surface area contributed by atoms with Gasteiger partial charge < -0.3 is 20.1 Å². The van der Waals surface area contributed by atoms with E-state index in [1.165, 1.54) is 74.1 Å². The van der Waals surface area contributed by atoms with Crippen LogP contribution in [0, 0.1) is 10.8 Å². The Kier molecular flexibility index (Phi) is 15.7. The number of aromatic nitrogens is 4. The van der Waals surface area contributed by atoms with E-state index >= 15 is 0 Å². The molecule has 12 nitrogen and oxygen atoms in total. The molecule has 8 rings (SSSR count). The van der Waals surface area contributed by atoms with Crippen molar-refractivity contribution in [1.82, 2.24) is 39.6 Å². The summed E-state index contributed by atoms with van der Waals surface area (Å²) in [7, 11) is 0. The van der Waals surface area contributed by atoms with Crippen molar-refractivity contribution < 1.29 is 32.6 Å². The average Bonchev–Trinajstić information content (AvgIpc) is 4.05. The maximum Gasteiger partial charge on any atom is 0.490 e. The molecule has 0 radical (unpaired) electrons. The third kappa shape index (κ3) is 13.0. The van der Waals surface area contributed by atoms with Crippen LogP contribution in [0.3, 0.4) is 0 Å². The van der Waals surface area contributed by atoms with Crippen LogP contribution >= 0.6 is 0 Å². The number of rotatable bonds is 8. The third-order valence-corrected chi connectivity index (χ3v) is 13.0. The number of nitrogens with one attached hydrogen (secondary N) is 1. The van der Waals surface area contributed by atoms with E-state index in [0.717, 1.165) is 63.5 Å². The number of alkyl halides is 3. The van der Waals surface area contributed by atoms with E-state index < -0.39 is 17.7 Å². The fourth-order valence-electron chi connectivity index (χ4n) is 9.37. The summed E-state index contributed by atoms with van der Waals surface area (Å²) in [6.45, 7) is 25.1. The Morgan fingerprint density at radius 1 is 0.688 bits per heavy atom. The van der Waals surface area contributed by atoms with E-state index in [-0.39, 0.29) is 6.09 Å². The number of amides is 1. The van der Waals surface area contributed by atoms with E-state index in [2.05, 4.69) is 125 Å². The molecular formula is C49H69F3N8O4. The summed E-state index contributed by atoms with van der Waals surface area (Å²) in [5, 5.41) is 20.5. The van der Waals surface area contributed by atoms with Crippen molar-refractivity contribution in [1.29, 1.82) is 0 Å². The first kappa shape index (κ1) is 48.7. The van der Waals surface area contributed by atoms with E-state index in [1.807, 2.05) is 25.7 Å². The molecule has 0 aliphatic carbocycles. The number of aliphatic carboxylic acids is 1. The number of piperidine rings is 2. The monoisotopic (exact) mass is 891 g/mol. The number of halogens is 3. The van der Waals surface area contributed by atoms with Crippen molar-refractivity contribution in [2.75, 3.05) is 52.4 Å². The minimum Gasteiger partial charge on any atom is -0.475 e. The molecule has 64 heavy (non-hydrogen) atoms. The molecule has 4 aliphatic heterocycles. The van der Waals surface area contributed by atoms with Crippen LogP contribution in [0.1, 0.15) is 110 Å². The predicted molar refractivity (Wildman–Crippen MR) is 244 cm³/mol. The molecule has 2 N–H and O–H groups in total. The summed E-state index contributed by atoms with van der Waals surface area (Å²) >= 11 is 0. The number of carboxylic acids is 1. The molecule has 1 amide bonds. The van der Waals surface area contributed by atoms with E-state index in [9.17, 15) is 18.0 Å². The Bertz CT molecular complexity index is 2120. The highest BCUT2D eigenvalue weighted by atomic mass is 19.4. The molecule has 6 heterocycles. The number of hydrogen-bond donors (Lipinski definition) is 2. The number of benzene rings is 2. The lowest BCUT2D eigenvalue weighted by atomic mass is 9.78. The van der Waals surface area contributed by atoms with Gasteiger partial charge in [-0.3, -0.25) is 19.2 Å². The Labute approximate surface area is 377 Å². The molecule has 4 aromatic rings. The topological polar surface area (TPSA) is 121 Å². The van der Waals surface area contributed by atoms with E-state index in [0.29, 0.717) is 22.9 Å². The molecule has 4 saturated heterocycles. The molecule has 4 aliphatic rings. The number of likely N-dealkylation sites (tertiary alicyclic amines) is 3. The maximum atomic E-state index is 12.4. The van der Waals surface area contributed by atoms with Crippen LogP contribution in [0.5, 0.6) is 0 Å². The third-order valence-electron chi connectivity index (χ3n) is 13.0. The Morgan fingerprint density at radius 3 is 1.45 bits per heavy atom. The minimum atomic E-state index is -5.08. The molecule has 2 aromatic heterocycles. The molecule has 350 valence electrons. The average molecular weight is 891 g/mol. The van der Waals surface area contributed by atoms with Gasteiger partial charge in [0, 0.05) is 86.0 Å². The fourth-order valence-corrected chi connectivity index (χ4v) is 9.37. The highest BCUT2D eigenvalue weighted by Gasteiger charge is 2.43. The van der Waals surface area contributed by atoms with Gasteiger partial charge in [-0.2, -0.15) is 23.4 Å². The Hall–Kier alpha value is -4.73. The Balaban J connectivity index is 0.000000189. The van der Waals surface area contributed by atoms with Crippen molar-refractivity contribution >= 4 is 12.1 Å². The summed E-state index contributed by atoms with van der Waals surface area (Å²) in [6, 6.07) is 21.9. The summed E-state index contributed by atoms with van der Waals surface area (Å²) in [6.07, 6.45) is 6.57. The largest absolute Gasteiger partial charge is 0.490 e. The molecule has 15 heteroatoms. The lowest BCUT2D eigenvalue weighted by Gasteiger charge is -2.39. The van der Waals surface area contributed by atoms with Crippen LogP contribution in [-0.4, -0.2) is 116 Å². The van der Waals surface area contributed by atoms with E-state index in [1.54, 1.807) is 0 Å². The maximum absolute atomic E-state index is 12.4. The van der Waals surface area contributed by atoms with Crippen LogP contribution in [0.25, 0.3) is 22.5 Å². The van der Waals surface area contributed by atoms with Crippen LogP contribution < -0.4 is 5.32 Å². The van der Waals surface area contributed by atoms with Gasteiger partial charge >= 0.3 is 18.2 Å². The van der Waals surface area contributed by atoms with Gasteiger partial charge in [-0.05, 0) is 124 Å². The highest BCUT2D eigenvalue weighted by molar-refractivity contribution is 5.73. The fraction of sp³-hybridized carbons (Fsp3) is 0.592. The summed E-state index contributed by atoms with van der Waals surface area (Å²) < 4.78 is 41.5. The number of carboxylic acid groups (broad SMARTS) is 1. The SMILES string of the molecule is CC(C)n1cc(CN2CCC3(CCN(C(=O)OC(C)(C)C)CC3)C2)c(-c2ccccc2)n1.CC(C)n1cc(CN2CCC3(CCNCC3)C2)c(-c2ccccc2)n1.O=C(O)C(F)(F)F. The van der Waals surface area contributed by atoms with Gasteiger partial charge in [0.25, 0.3) is 0 Å². The lowest BCUT2D eigenvalue weighted by Crippen LogP contribution is -2.46. The first-order valence-corrected chi connectivity index (χ1v) is 22.9. The van der Waals surface area contributed by atoms with Gasteiger partial charge in [0.1, 0.15) is 5.60 Å². The van der Waals surface area contributed by atoms with Crippen LogP contribution in [0.2, 0.25) is 0 Å². The quantitative estimate of drug-likeness (QED) is 0.178. The van der Waals surface area contributed by atoms with Gasteiger partial charge in [-0.1, -0.05) is 60.7 Å². The predicted octanol–water partition coefficient (Wildman–Crippen LogP) is 9.69. The molecule has 2 spiro atoms. The second-order valence-corrected chi connectivity index (χ2v) is 19.8. The van der Waals surface area contributed by atoms with Crippen molar-refractivity contribution in [3.63, 3.8) is 0 Å². The zero-order valence-corrected chi connectivity index (χ0v) is 38.8. The zero-order valence-electron chi connectivity index (χ0n) is 38.8. The number of carbonyl (C=O) groups excluding carboxylic acids is 1. The van der Waals surface area contributed by atoms with E-state index in [4.69, 9.17) is 24.8 Å². The standard InChI is InChI=1S/C26H38N4O2.C21H30N4.C2HF3O2/c1-20(2)30-18-22(23(27-30)21-9-7-6-8-10-21)17-28-14-11-26(19-28)12-15-29(16-13-26)24(31)32-25(3,4)5;1-17(2)25-15-19(20(23-25)18-6-4-3-5-7-18)14-24-13-10-21(16-24)8-11-22-12-9-21;3-2(4,5)1(6)7/h6-10,18,20H,11-17,19H2,1-5H3;3-7,15,17,22H,8-14,16H2,1-2H3;(H,6,7). The minimum absolute atomic E-state index is 0.171. The van der Waals surface area contributed by atoms with Gasteiger partial charge in [-0.25, -0.2) is 9.59 Å². The van der Waals surface area contributed by atoms with Gasteiger partial charge in [-0.15, -0.1) is 0 Å². The molecule has 2 aromatic carbocycles. The molecule has 0 saturated carbocycles. The normalized spacial score (nSPS) is 18.8. The molecule has 0 unspecified atom stereocenters. The second-order valence-electron chi connectivity index (χ2n) is 19.8. The number of ether oxygens (including phenoxy) is 1. The van der Waals surface area contributed by atoms with Crippen molar-refractivity contribution in [3.05, 3.63) is 84.2 Å². The lowest BCUT2D eigenvalue weighted by molar-refractivity contribution is -0.192. The number of nitrogens with zero attached hydrogens (tertiary/aromatic N) is 7. The van der Waals surface area contributed by atoms with Crippen molar-refractivity contribution in [2.45, 2.75) is 124 Å². The van der Waals surface area contributed by atoms with Crippen LogP contribution in [0.15, 0.2) is 73.1 Å². The number of hydrogen-bond acceptors (Lipinski definition) is 8. The second kappa shape index (κ2) is 20.6. The molecule has 4 fully saturated rings. The summed E-state index contributed by atoms with van der Waals surface area (Å²) in [5.74, 6) is -2.76. The van der Waals surface area contributed by atoms with Gasteiger partial charge in [0.2, 0.25) is 0 Å². The van der Waals surface area contributed by atoms with Crippen molar-refractivity contribution in [3.8, 4) is 22.5 Å². The number of carbonyl (C=O) groups is 2. The molecule has 0 bridgehead atoms. The summed E-state index contributed by atoms with van der Waals surface area (Å²) in [4.78, 5) is 28.5. The van der Waals surface area contributed by atoms with Gasteiger partial charge in [0.15, 0.2) is 0 Å². The van der Waals surface area contributed by atoms with Gasteiger partial charge in [0.05, 0.1) is 11.4 Å². The first-order valence-electron chi connectivity index (χ1n) is 22.9. The first-order chi connectivity index (χ1) is 30.2. The smallest absolute Gasteiger partial charge is 0.475 e. The van der Waals surface area contributed by atoms with Crippen molar-refractivity contribution in [2.24, 2.45) is 10.8 Å². The zero-order chi connectivity index (χ0) is 46.3. The highest BCUT2D eigenvalue weighted by Crippen LogP contribution is 2.42.